The molecule has 0 radical (unpaired) electrons. The van der Waals surface area contributed by atoms with Gasteiger partial charge in [0.05, 0.1) is 21.3 Å². The van der Waals surface area contributed by atoms with E-state index in [1.54, 1.807) is 16.3 Å². The van der Waals surface area contributed by atoms with E-state index in [0.29, 0.717) is 27.5 Å². The van der Waals surface area contributed by atoms with Crippen molar-refractivity contribution in [2.45, 2.75) is 42.1 Å². The van der Waals surface area contributed by atoms with Crippen LogP contribution in [0.4, 0.5) is 11.4 Å². The van der Waals surface area contributed by atoms with E-state index >= 15 is 0 Å². The highest BCUT2D eigenvalue weighted by molar-refractivity contribution is 8.00. The molecule has 1 unspecified atom stereocenters. The fraction of sp³-hybridized carbons (Fsp3) is 0.353. The van der Waals surface area contributed by atoms with Crippen LogP contribution in [0, 0.1) is 10.1 Å². The van der Waals surface area contributed by atoms with Gasteiger partial charge < -0.3 is 5.32 Å². The Morgan fingerprint density at radius 1 is 1.44 bits per heavy atom. The predicted molar refractivity (Wildman–Crippen MR) is 106 cm³/mol. The van der Waals surface area contributed by atoms with Gasteiger partial charge in [-0.05, 0) is 19.1 Å². The van der Waals surface area contributed by atoms with E-state index in [2.05, 4.69) is 17.2 Å². The molecular formula is C17H18N4O4S2. The first-order valence-corrected chi connectivity index (χ1v) is 10.2. The maximum Gasteiger partial charge on any atom is 0.269 e. The summed E-state index contributed by atoms with van der Waals surface area (Å²) >= 11 is 2.76. The average Bonchev–Trinajstić information content (AvgIpc) is 3.01. The van der Waals surface area contributed by atoms with Crippen molar-refractivity contribution in [2.24, 2.45) is 0 Å². The van der Waals surface area contributed by atoms with Crippen LogP contribution in [-0.4, -0.2) is 31.4 Å². The monoisotopic (exact) mass is 406 g/mol. The maximum absolute atomic E-state index is 12.6. The quantitative estimate of drug-likeness (QED) is 0.340. The molecule has 142 valence electrons. The highest BCUT2D eigenvalue weighted by atomic mass is 32.2. The van der Waals surface area contributed by atoms with E-state index in [-0.39, 0.29) is 22.9 Å². The van der Waals surface area contributed by atoms with Crippen molar-refractivity contribution in [1.29, 1.82) is 0 Å². The largest absolute Gasteiger partial charge is 0.325 e. The van der Waals surface area contributed by atoms with Crippen LogP contribution in [0.2, 0.25) is 0 Å². The third-order valence-electron chi connectivity index (χ3n) is 3.97. The number of carbonyl (C=O) groups is 1. The summed E-state index contributed by atoms with van der Waals surface area (Å²) in [5.74, 6) is -0.181. The van der Waals surface area contributed by atoms with E-state index in [0.717, 1.165) is 12.1 Å². The van der Waals surface area contributed by atoms with Crippen molar-refractivity contribution in [3.63, 3.8) is 0 Å². The van der Waals surface area contributed by atoms with Gasteiger partial charge in [-0.15, -0.1) is 11.8 Å². The second kappa shape index (κ2) is 8.13. The molecule has 8 nitrogen and oxygen atoms in total. The minimum atomic E-state index is -0.496. The Hall–Kier alpha value is -2.33. The zero-order valence-electron chi connectivity index (χ0n) is 14.8. The van der Waals surface area contributed by atoms with E-state index < -0.39 is 4.92 Å². The number of amides is 1. The molecule has 0 saturated carbocycles. The molecular weight excluding hydrogens is 388 g/mol. The normalized spacial score (nSPS) is 15.4. The van der Waals surface area contributed by atoms with Crippen LogP contribution in [0.3, 0.4) is 0 Å². The number of hydrogen-bond acceptors (Lipinski definition) is 7. The minimum Gasteiger partial charge on any atom is -0.325 e. The number of nitrogens with one attached hydrogen (secondary N) is 1. The molecule has 1 atom stereocenters. The molecule has 0 spiro atoms. The standard InChI is InChI=1S/C17H18N4O4S2/c1-3-20-16(23)15-13(8-10(2)27-15)19-17(20)26-9-14(22)18-11-4-6-12(7-5-11)21(24)25/h4-7,10H,3,8-9H2,1-2H3,(H,18,22). The molecule has 0 bridgehead atoms. The number of nitro groups is 1. The molecule has 1 N–H and O–H groups in total. The first-order valence-electron chi connectivity index (χ1n) is 8.36. The first-order chi connectivity index (χ1) is 12.9. The summed E-state index contributed by atoms with van der Waals surface area (Å²) in [6, 6.07) is 5.63. The lowest BCUT2D eigenvalue weighted by Crippen LogP contribution is -2.25. The van der Waals surface area contributed by atoms with Gasteiger partial charge in [-0.2, -0.15) is 0 Å². The molecule has 1 aromatic heterocycles. The van der Waals surface area contributed by atoms with Crippen molar-refractivity contribution >= 4 is 40.8 Å². The minimum absolute atomic E-state index is 0.0382. The van der Waals surface area contributed by atoms with E-state index in [4.69, 9.17) is 0 Å². The summed E-state index contributed by atoms with van der Waals surface area (Å²) in [6.45, 7) is 4.42. The van der Waals surface area contributed by atoms with Crippen molar-refractivity contribution in [1.82, 2.24) is 9.55 Å². The number of benzene rings is 1. The maximum atomic E-state index is 12.6. The number of rotatable bonds is 6. The summed E-state index contributed by atoms with van der Waals surface area (Å²) in [5.41, 5.74) is 1.20. The summed E-state index contributed by atoms with van der Waals surface area (Å²) in [5, 5.41) is 14.2. The Morgan fingerprint density at radius 2 is 2.15 bits per heavy atom. The van der Waals surface area contributed by atoms with Gasteiger partial charge in [0, 0.05) is 36.0 Å². The fourth-order valence-corrected chi connectivity index (χ4v) is 4.71. The number of anilines is 1. The summed E-state index contributed by atoms with van der Waals surface area (Å²) in [7, 11) is 0. The molecule has 1 aliphatic rings. The summed E-state index contributed by atoms with van der Waals surface area (Å²) in [4.78, 5) is 40.3. The fourth-order valence-electron chi connectivity index (χ4n) is 2.71. The Kier molecular flexibility index (Phi) is 5.85. The molecule has 2 heterocycles. The van der Waals surface area contributed by atoms with Gasteiger partial charge in [-0.25, -0.2) is 4.98 Å². The molecule has 27 heavy (non-hydrogen) atoms. The van der Waals surface area contributed by atoms with Crippen molar-refractivity contribution < 1.29 is 9.72 Å². The zero-order chi connectivity index (χ0) is 19.6. The molecule has 3 rings (SSSR count). The number of nitrogens with zero attached hydrogens (tertiary/aromatic N) is 3. The van der Waals surface area contributed by atoms with Gasteiger partial charge in [0.25, 0.3) is 11.2 Å². The highest BCUT2D eigenvalue weighted by Crippen LogP contribution is 2.34. The van der Waals surface area contributed by atoms with E-state index in [9.17, 15) is 19.7 Å². The number of aromatic nitrogens is 2. The number of carbonyl (C=O) groups excluding carboxylic acids is 1. The first kappa shape index (κ1) is 19.4. The van der Waals surface area contributed by atoms with Gasteiger partial charge in [0.1, 0.15) is 0 Å². The van der Waals surface area contributed by atoms with E-state index in [1.807, 2.05) is 6.92 Å². The van der Waals surface area contributed by atoms with Gasteiger partial charge in [-0.3, -0.25) is 24.3 Å². The van der Waals surface area contributed by atoms with Gasteiger partial charge in [-0.1, -0.05) is 18.7 Å². The van der Waals surface area contributed by atoms with Crippen LogP contribution in [-0.2, 0) is 17.8 Å². The second-order valence-corrected chi connectivity index (χ2v) is 8.38. The second-order valence-electron chi connectivity index (χ2n) is 5.99. The van der Waals surface area contributed by atoms with Crippen LogP contribution < -0.4 is 10.9 Å². The molecule has 1 aromatic carbocycles. The molecule has 1 aliphatic heterocycles. The van der Waals surface area contributed by atoms with Crippen molar-refractivity contribution in [2.75, 3.05) is 11.1 Å². The topological polar surface area (TPSA) is 107 Å². The van der Waals surface area contributed by atoms with Crippen LogP contribution in [0.25, 0.3) is 0 Å². The lowest BCUT2D eigenvalue weighted by Gasteiger charge is -2.11. The number of thioether (sulfide) groups is 2. The third-order valence-corrected chi connectivity index (χ3v) is 6.16. The van der Waals surface area contributed by atoms with Gasteiger partial charge in [0.15, 0.2) is 5.16 Å². The molecule has 1 amide bonds. The number of hydrogen-bond donors (Lipinski definition) is 1. The van der Waals surface area contributed by atoms with Crippen molar-refractivity contribution in [3.05, 3.63) is 50.4 Å². The smallest absolute Gasteiger partial charge is 0.269 e. The summed E-state index contributed by atoms with van der Waals surface area (Å²) in [6.07, 6.45) is 0.752. The van der Waals surface area contributed by atoms with Crippen molar-refractivity contribution in [3.8, 4) is 0 Å². The highest BCUT2D eigenvalue weighted by Gasteiger charge is 2.26. The lowest BCUT2D eigenvalue weighted by molar-refractivity contribution is -0.384. The summed E-state index contributed by atoms with van der Waals surface area (Å²) < 4.78 is 1.59. The SMILES string of the molecule is CCn1c(SCC(=O)Nc2ccc([N+](=O)[O-])cc2)nc2c(c1=O)SC(C)C2. The number of non-ortho nitro benzene ring substituents is 1. The molecule has 0 fully saturated rings. The van der Waals surface area contributed by atoms with Crippen LogP contribution in [0.15, 0.2) is 39.1 Å². The van der Waals surface area contributed by atoms with Gasteiger partial charge >= 0.3 is 0 Å². The molecule has 0 saturated heterocycles. The van der Waals surface area contributed by atoms with Crippen LogP contribution in [0.1, 0.15) is 19.5 Å². The molecule has 0 aliphatic carbocycles. The Labute approximate surface area is 163 Å². The average molecular weight is 406 g/mol. The Morgan fingerprint density at radius 3 is 2.78 bits per heavy atom. The number of nitro benzene ring substituents is 1. The Bertz CT molecular complexity index is 943. The molecule has 2 aromatic rings. The number of fused-ring (bicyclic) bond motifs is 1. The van der Waals surface area contributed by atoms with Gasteiger partial charge in [0.2, 0.25) is 5.91 Å². The molecule has 10 heteroatoms. The van der Waals surface area contributed by atoms with E-state index in [1.165, 1.54) is 36.0 Å². The lowest BCUT2D eigenvalue weighted by atomic mass is 10.2. The van der Waals surface area contributed by atoms with Crippen LogP contribution >= 0.6 is 23.5 Å². The Balaban J connectivity index is 1.68. The zero-order valence-corrected chi connectivity index (χ0v) is 16.4. The van der Waals surface area contributed by atoms with Crippen LogP contribution in [0.5, 0.6) is 0 Å². The third kappa shape index (κ3) is 4.33. The predicted octanol–water partition coefficient (Wildman–Crippen LogP) is 2.94.